The van der Waals surface area contributed by atoms with Crippen molar-refractivity contribution in [2.24, 2.45) is 7.05 Å². The molecule has 0 unspecified atom stereocenters. The minimum Gasteiger partial charge on any atom is -0.354 e. The first kappa shape index (κ1) is 17.4. The molecule has 1 aliphatic rings. The number of nitrogens with one attached hydrogen (secondary N) is 1. The van der Waals surface area contributed by atoms with E-state index in [0.29, 0.717) is 24.5 Å². The second-order valence-corrected chi connectivity index (χ2v) is 7.69. The lowest BCUT2D eigenvalue weighted by Gasteiger charge is -2.30. The lowest BCUT2D eigenvalue weighted by Crippen LogP contribution is -2.36. The van der Waals surface area contributed by atoms with Gasteiger partial charge in [-0.1, -0.05) is 0 Å². The quantitative estimate of drug-likeness (QED) is 0.897. The Balaban J connectivity index is 2.10. The Kier molecular flexibility index (Phi) is 4.28. The molecule has 0 saturated heterocycles. The first-order valence-corrected chi connectivity index (χ1v) is 9.09. The van der Waals surface area contributed by atoms with Gasteiger partial charge in [-0.3, -0.25) is 9.10 Å². The highest BCUT2D eigenvalue weighted by Gasteiger charge is 2.33. The van der Waals surface area contributed by atoms with E-state index in [0.717, 1.165) is 10.4 Å². The molecule has 0 aliphatic carbocycles. The van der Waals surface area contributed by atoms with Gasteiger partial charge in [0.05, 0.1) is 5.69 Å². The van der Waals surface area contributed by atoms with E-state index in [1.807, 2.05) is 0 Å². The van der Waals surface area contributed by atoms with Gasteiger partial charge in [0.2, 0.25) is 0 Å². The Bertz CT molecular complexity index is 954. The summed E-state index contributed by atoms with van der Waals surface area (Å²) < 4.78 is 56.0. The van der Waals surface area contributed by atoms with Crippen molar-refractivity contribution in [2.45, 2.75) is 17.7 Å². The molecule has 1 amide bonds. The number of aromatic nitrogens is 1. The molecule has 1 aromatic carbocycles. The van der Waals surface area contributed by atoms with Crippen LogP contribution in [-0.2, 0) is 23.5 Å². The van der Waals surface area contributed by atoms with Crippen molar-refractivity contribution < 1.29 is 22.0 Å². The Morgan fingerprint density at radius 2 is 1.96 bits per heavy atom. The summed E-state index contributed by atoms with van der Waals surface area (Å²) >= 11 is 0. The molecule has 0 bridgehead atoms. The predicted molar refractivity (Wildman–Crippen MR) is 88.0 cm³/mol. The van der Waals surface area contributed by atoms with Crippen molar-refractivity contribution in [3.63, 3.8) is 0 Å². The zero-order chi connectivity index (χ0) is 18.4. The van der Waals surface area contributed by atoms with Crippen molar-refractivity contribution >= 4 is 21.6 Å². The number of carbonyl (C=O) groups is 1. The summed E-state index contributed by atoms with van der Waals surface area (Å²) in [5.41, 5.74) is 0.352. The van der Waals surface area contributed by atoms with Crippen molar-refractivity contribution in [3.8, 4) is 0 Å². The number of hydrogen-bond donors (Lipinski definition) is 1. The number of anilines is 1. The molecule has 1 aromatic heterocycles. The zero-order valence-corrected chi connectivity index (χ0v) is 14.5. The number of sulfonamides is 1. The SMILES string of the molecule is CNC(=O)c1cc(S(=O)(=O)N2CCCc3cc(F)cc(F)c32)cn1C. The van der Waals surface area contributed by atoms with E-state index in [1.165, 1.54) is 23.9 Å². The first-order valence-electron chi connectivity index (χ1n) is 7.65. The molecule has 2 heterocycles. The minimum atomic E-state index is -4.08. The van der Waals surface area contributed by atoms with Gasteiger partial charge in [0.1, 0.15) is 16.4 Å². The Hall–Kier alpha value is -2.42. The normalized spacial score (nSPS) is 14.3. The molecule has 0 spiro atoms. The maximum absolute atomic E-state index is 14.3. The Morgan fingerprint density at radius 1 is 1.24 bits per heavy atom. The van der Waals surface area contributed by atoms with Crippen LogP contribution in [0.1, 0.15) is 22.5 Å². The zero-order valence-electron chi connectivity index (χ0n) is 13.7. The van der Waals surface area contributed by atoms with Crippen LogP contribution in [0, 0.1) is 11.6 Å². The highest BCUT2D eigenvalue weighted by atomic mass is 32.2. The fourth-order valence-electron chi connectivity index (χ4n) is 3.01. The van der Waals surface area contributed by atoms with Gasteiger partial charge >= 0.3 is 0 Å². The van der Waals surface area contributed by atoms with E-state index in [1.54, 1.807) is 7.05 Å². The van der Waals surface area contributed by atoms with Crippen molar-refractivity contribution in [3.05, 3.63) is 47.3 Å². The van der Waals surface area contributed by atoms with E-state index in [2.05, 4.69) is 5.32 Å². The molecule has 0 fully saturated rings. The molecule has 0 atom stereocenters. The first-order chi connectivity index (χ1) is 11.8. The fourth-order valence-corrected chi connectivity index (χ4v) is 4.63. The highest BCUT2D eigenvalue weighted by Crippen LogP contribution is 2.35. The molecular formula is C16H17F2N3O3S. The van der Waals surface area contributed by atoms with Crippen LogP contribution in [0.5, 0.6) is 0 Å². The number of benzene rings is 1. The van der Waals surface area contributed by atoms with Crippen LogP contribution in [0.15, 0.2) is 29.3 Å². The van der Waals surface area contributed by atoms with Gasteiger partial charge < -0.3 is 9.88 Å². The summed E-state index contributed by atoms with van der Waals surface area (Å²) in [6.07, 6.45) is 2.15. The molecule has 6 nitrogen and oxygen atoms in total. The summed E-state index contributed by atoms with van der Waals surface area (Å²) in [5.74, 6) is -2.09. The molecule has 1 aliphatic heterocycles. The predicted octanol–water partition coefficient (Wildman–Crippen LogP) is 1.80. The molecule has 134 valence electrons. The lowest BCUT2D eigenvalue weighted by molar-refractivity contribution is 0.0955. The van der Waals surface area contributed by atoms with Crippen LogP contribution in [0.2, 0.25) is 0 Å². The van der Waals surface area contributed by atoms with Crippen molar-refractivity contribution in [1.29, 1.82) is 0 Å². The summed E-state index contributed by atoms with van der Waals surface area (Å²) in [6.45, 7) is 0.0854. The summed E-state index contributed by atoms with van der Waals surface area (Å²) in [7, 11) is -1.10. The number of halogens is 2. The Labute approximate surface area is 144 Å². The van der Waals surface area contributed by atoms with Crippen LogP contribution in [0.25, 0.3) is 0 Å². The topological polar surface area (TPSA) is 71.4 Å². The molecular weight excluding hydrogens is 352 g/mol. The third kappa shape index (κ3) is 2.88. The second kappa shape index (κ2) is 6.14. The lowest BCUT2D eigenvalue weighted by atomic mass is 10.0. The van der Waals surface area contributed by atoms with E-state index in [9.17, 15) is 22.0 Å². The van der Waals surface area contributed by atoms with E-state index in [4.69, 9.17) is 0 Å². The average molecular weight is 369 g/mol. The largest absolute Gasteiger partial charge is 0.354 e. The third-order valence-corrected chi connectivity index (χ3v) is 5.96. The van der Waals surface area contributed by atoms with Gasteiger partial charge in [0.25, 0.3) is 15.9 Å². The molecule has 0 saturated carbocycles. The number of fused-ring (bicyclic) bond motifs is 1. The number of nitrogens with zero attached hydrogens (tertiary/aromatic N) is 2. The molecule has 0 radical (unpaired) electrons. The highest BCUT2D eigenvalue weighted by molar-refractivity contribution is 7.92. The van der Waals surface area contributed by atoms with Crippen molar-refractivity contribution in [2.75, 3.05) is 17.9 Å². The van der Waals surface area contributed by atoms with E-state index in [-0.39, 0.29) is 22.8 Å². The van der Waals surface area contributed by atoms with E-state index < -0.39 is 27.6 Å². The van der Waals surface area contributed by atoms with E-state index >= 15 is 0 Å². The van der Waals surface area contributed by atoms with Gasteiger partial charge in [0, 0.05) is 32.9 Å². The maximum Gasteiger partial charge on any atom is 0.267 e. The monoisotopic (exact) mass is 369 g/mol. The minimum absolute atomic E-state index is 0.0854. The number of amides is 1. The van der Waals surface area contributed by atoms with Crippen molar-refractivity contribution in [1.82, 2.24) is 9.88 Å². The van der Waals surface area contributed by atoms with Crippen LogP contribution >= 0.6 is 0 Å². The second-order valence-electron chi connectivity index (χ2n) is 5.83. The van der Waals surface area contributed by atoms with Gasteiger partial charge in [-0.25, -0.2) is 17.2 Å². The average Bonchev–Trinajstić information content (AvgIpc) is 2.96. The summed E-state index contributed by atoms with van der Waals surface area (Å²) in [6, 6.07) is 3.07. The number of aryl methyl sites for hydroxylation is 2. The number of hydrogen-bond acceptors (Lipinski definition) is 3. The fraction of sp³-hybridized carbons (Fsp3) is 0.312. The molecule has 9 heteroatoms. The number of carbonyl (C=O) groups excluding carboxylic acids is 1. The summed E-state index contributed by atoms with van der Waals surface area (Å²) in [5, 5.41) is 2.43. The van der Waals surface area contributed by atoms with Crippen LogP contribution < -0.4 is 9.62 Å². The summed E-state index contributed by atoms with van der Waals surface area (Å²) in [4.78, 5) is 11.7. The van der Waals surface area contributed by atoms with Gasteiger partial charge in [-0.15, -0.1) is 0 Å². The smallest absolute Gasteiger partial charge is 0.267 e. The van der Waals surface area contributed by atoms with Gasteiger partial charge in [-0.2, -0.15) is 0 Å². The number of rotatable bonds is 3. The maximum atomic E-state index is 14.3. The standard InChI is InChI=1S/C16H17F2N3O3S/c1-19-16(22)14-8-12(9-20(14)2)25(23,24)21-5-3-4-10-6-11(17)7-13(18)15(10)21/h6-9H,3-5H2,1-2H3,(H,19,22). The molecule has 3 rings (SSSR count). The van der Waals surface area contributed by atoms with Gasteiger partial charge in [-0.05, 0) is 30.5 Å². The molecule has 2 aromatic rings. The van der Waals surface area contributed by atoms with Crippen LogP contribution in [0.4, 0.5) is 14.5 Å². The van der Waals surface area contributed by atoms with Gasteiger partial charge in [0.15, 0.2) is 5.82 Å². The Morgan fingerprint density at radius 3 is 2.64 bits per heavy atom. The molecule has 1 N–H and O–H groups in total. The molecule has 25 heavy (non-hydrogen) atoms. The van der Waals surface area contributed by atoms with Crippen LogP contribution in [0.3, 0.4) is 0 Å². The van der Waals surface area contributed by atoms with Crippen LogP contribution in [-0.4, -0.2) is 32.5 Å². The third-order valence-electron chi connectivity index (χ3n) is 4.19.